The lowest BCUT2D eigenvalue weighted by atomic mass is 10.1. The normalized spacial score (nSPS) is 13.3. The third kappa shape index (κ3) is 12.2. The minimum atomic E-state index is -4.97. The third-order valence-corrected chi connectivity index (χ3v) is 11.9. The molecule has 0 heterocycles. The van der Waals surface area contributed by atoms with Gasteiger partial charge in [0.15, 0.2) is 0 Å². The van der Waals surface area contributed by atoms with Crippen molar-refractivity contribution in [3.8, 4) is 0 Å². The number of hydrogen-bond acceptors (Lipinski definition) is 16. The topological polar surface area (TPSA) is 344 Å². The number of nitrogens with zero attached hydrogens (tertiary/aromatic N) is 8. The van der Waals surface area contributed by atoms with E-state index in [0.29, 0.717) is 17.1 Å². The Hall–Kier alpha value is -7.30. The van der Waals surface area contributed by atoms with Crippen molar-refractivity contribution in [3.63, 3.8) is 0 Å². The molecule has 4 N–H and O–H groups in total. The minimum Gasteiger partial charge on any atom is -0.594 e. The fraction of sp³-hybridized carbons (Fsp3) is 0. The molecule has 0 saturated heterocycles. The smallest absolute Gasteiger partial charge is 0.295 e. The standard InChI is InChI=1S/C38H28N8O14S4/c47-45(34-17-21-36(22-18-34)62(52,53)54)43-30-11-15-33(16-12-30)46(48)44-32-6-4-26(38(24-32)64(58,59)60)2-1-25-3-5-31(23-37(25)63(55,56)57)42-41-28-9-7-27(8-10-28)39-40-29-13-19-35(20-14-29)61(49,50)51/h1-24H,(H,49,50,51)(H,52,53,54)(H,55,56,57)(H,58,59,60)/b2-1+,40-39?,42-41?,45-43?,46-44?. The molecule has 0 aliphatic carbocycles. The largest absolute Gasteiger partial charge is 0.594 e. The Morgan fingerprint density at radius 2 is 0.672 bits per heavy atom. The summed E-state index contributed by atoms with van der Waals surface area (Å²) in [5.41, 5.74) is 0.411. The van der Waals surface area contributed by atoms with Crippen LogP contribution in [0.2, 0.25) is 0 Å². The third-order valence-electron chi connectivity index (χ3n) is 8.38. The predicted molar refractivity (Wildman–Crippen MR) is 226 cm³/mol. The second-order valence-corrected chi connectivity index (χ2v) is 18.5. The first kappa shape index (κ1) is 46.2. The molecule has 0 spiro atoms. The van der Waals surface area contributed by atoms with Crippen LogP contribution in [0.4, 0.5) is 45.5 Å². The van der Waals surface area contributed by atoms with Crippen molar-refractivity contribution < 1.29 is 61.6 Å². The Bertz CT molecular complexity index is 3360. The quantitative estimate of drug-likeness (QED) is 0.0260. The van der Waals surface area contributed by atoms with Crippen molar-refractivity contribution in [1.82, 2.24) is 0 Å². The summed E-state index contributed by atoms with van der Waals surface area (Å²) in [6.45, 7) is 0. The highest BCUT2D eigenvalue weighted by Gasteiger charge is 2.19. The molecule has 0 aliphatic heterocycles. The van der Waals surface area contributed by atoms with E-state index in [4.69, 9.17) is 9.11 Å². The molecule has 6 aromatic rings. The average molecular weight is 949 g/mol. The molecule has 0 radical (unpaired) electrons. The monoisotopic (exact) mass is 948 g/mol. The zero-order valence-electron chi connectivity index (χ0n) is 31.9. The maximum absolute atomic E-state index is 12.9. The number of hydrogen-bond donors (Lipinski definition) is 4. The average Bonchev–Trinajstić information content (AvgIpc) is 3.24. The molecule has 0 aromatic heterocycles. The van der Waals surface area contributed by atoms with E-state index < -0.39 is 55.2 Å². The molecular formula is C38H28N8O14S4. The molecule has 6 rings (SSSR count). The van der Waals surface area contributed by atoms with Crippen molar-refractivity contribution in [1.29, 1.82) is 0 Å². The molecule has 0 amide bonds. The predicted octanol–water partition coefficient (Wildman–Crippen LogP) is 9.53. The van der Waals surface area contributed by atoms with E-state index in [0.717, 1.165) is 60.7 Å². The summed E-state index contributed by atoms with van der Waals surface area (Å²) >= 11 is 0. The summed E-state index contributed by atoms with van der Waals surface area (Å²) in [6.07, 6.45) is 2.27. The van der Waals surface area contributed by atoms with E-state index in [9.17, 15) is 53.2 Å². The molecule has 328 valence electrons. The van der Waals surface area contributed by atoms with Crippen molar-refractivity contribution in [2.75, 3.05) is 0 Å². The van der Waals surface area contributed by atoms with Gasteiger partial charge in [-0.2, -0.15) is 54.1 Å². The van der Waals surface area contributed by atoms with Crippen molar-refractivity contribution in [2.24, 2.45) is 30.7 Å². The van der Waals surface area contributed by atoms with Crippen LogP contribution >= 0.6 is 0 Å². The van der Waals surface area contributed by atoms with Crippen molar-refractivity contribution in [2.45, 2.75) is 19.6 Å². The first-order chi connectivity index (χ1) is 30.0. The molecule has 64 heavy (non-hydrogen) atoms. The number of rotatable bonds is 14. The lowest BCUT2D eigenvalue weighted by Crippen LogP contribution is -2.02. The molecular weight excluding hydrogens is 921 g/mol. The highest BCUT2D eigenvalue weighted by atomic mass is 32.2. The lowest BCUT2D eigenvalue weighted by molar-refractivity contribution is -0.436. The van der Waals surface area contributed by atoms with Gasteiger partial charge < -0.3 is 10.4 Å². The molecule has 6 aromatic carbocycles. The van der Waals surface area contributed by atoms with E-state index in [1.807, 2.05) is 0 Å². The highest BCUT2D eigenvalue weighted by Crippen LogP contribution is 2.31. The molecule has 0 aliphatic rings. The van der Waals surface area contributed by atoms with Gasteiger partial charge in [-0.1, -0.05) is 34.0 Å². The van der Waals surface area contributed by atoms with Gasteiger partial charge >= 0.3 is 0 Å². The van der Waals surface area contributed by atoms with Gasteiger partial charge in [-0.05, 0) is 108 Å². The Morgan fingerprint density at radius 3 is 1.08 bits per heavy atom. The van der Waals surface area contributed by atoms with Crippen LogP contribution in [0.1, 0.15) is 11.1 Å². The lowest BCUT2D eigenvalue weighted by Gasteiger charge is -2.06. The van der Waals surface area contributed by atoms with Gasteiger partial charge in [0.05, 0.1) is 32.5 Å². The minimum absolute atomic E-state index is 0.00335. The highest BCUT2D eigenvalue weighted by molar-refractivity contribution is 7.86. The van der Waals surface area contributed by atoms with Crippen molar-refractivity contribution in [3.05, 3.63) is 155 Å². The maximum Gasteiger partial charge on any atom is 0.295 e. The van der Waals surface area contributed by atoms with E-state index in [1.54, 1.807) is 0 Å². The van der Waals surface area contributed by atoms with Crippen LogP contribution in [-0.2, 0) is 40.5 Å². The van der Waals surface area contributed by atoms with E-state index in [-0.39, 0.29) is 54.2 Å². The molecule has 0 unspecified atom stereocenters. The van der Waals surface area contributed by atoms with E-state index in [1.165, 1.54) is 84.9 Å². The van der Waals surface area contributed by atoms with Crippen LogP contribution in [0, 0.1) is 10.4 Å². The molecule has 0 bridgehead atoms. The van der Waals surface area contributed by atoms with Gasteiger partial charge in [0.1, 0.15) is 21.2 Å². The van der Waals surface area contributed by atoms with Crippen LogP contribution in [0.3, 0.4) is 0 Å². The fourth-order valence-electron chi connectivity index (χ4n) is 5.29. The van der Waals surface area contributed by atoms with E-state index in [2.05, 4.69) is 30.7 Å². The second kappa shape index (κ2) is 18.6. The Morgan fingerprint density at radius 1 is 0.375 bits per heavy atom. The van der Waals surface area contributed by atoms with Gasteiger partial charge in [0.2, 0.25) is 11.4 Å². The summed E-state index contributed by atoms with van der Waals surface area (Å²) in [7, 11) is -18.7. The van der Waals surface area contributed by atoms with Gasteiger partial charge in [-0.3, -0.25) is 18.2 Å². The maximum atomic E-state index is 12.9. The van der Waals surface area contributed by atoms with Crippen LogP contribution in [0.15, 0.2) is 184 Å². The summed E-state index contributed by atoms with van der Waals surface area (Å²) < 4.78 is 133. The molecule has 26 heteroatoms. The summed E-state index contributed by atoms with van der Waals surface area (Å²) in [5.74, 6) is 0. The van der Waals surface area contributed by atoms with Crippen molar-refractivity contribution >= 4 is 98.1 Å². The number of benzene rings is 6. The zero-order chi connectivity index (χ0) is 46.5. The fourth-order valence-corrected chi connectivity index (χ4v) is 7.66. The molecule has 22 nitrogen and oxygen atoms in total. The van der Waals surface area contributed by atoms with Gasteiger partial charge in [-0.15, -0.1) is 0 Å². The van der Waals surface area contributed by atoms with Crippen LogP contribution in [0.5, 0.6) is 0 Å². The Kier molecular flexibility index (Phi) is 13.4. The Balaban J connectivity index is 1.16. The molecule has 0 fully saturated rings. The summed E-state index contributed by atoms with van der Waals surface area (Å²) in [4.78, 5) is -1.78. The first-order valence-corrected chi connectivity index (χ1v) is 23.3. The van der Waals surface area contributed by atoms with Gasteiger partial charge in [-0.25, -0.2) is 0 Å². The first-order valence-electron chi connectivity index (χ1n) is 17.5. The Labute approximate surface area is 363 Å². The zero-order valence-corrected chi connectivity index (χ0v) is 35.2. The second-order valence-electron chi connectivity index (χ2n) is 12.8. The van der Waals surface area contributed by atoms with Crippen LogP contribution in [0.25, 0.3) is 12.2 Å². The van der Waals surface area contributed by atoms with Gasteiger partial charge in [0, 0.05) is 34.5 Å². The van der Waals surface area contributed by atoms with Crippen LogP contribution < -0.4 is 0 Å². The summed E-state index contributed by atoms with van der Waals surface area (Å²) in [6, 6.07) is 27.3. The van der Waals surface area contributed by atoms with E-state index >= 15 is 0 Å². The number of azo groups is 4. The van der Waals surface area contributed by atoms with Crippen LogP contribution in [-0.4, -0.2) is 61.6 Å². The van der Waals surface area contributed by atoms with Gasteiger partial charge in [0.25, 0.3) is 40.5 Å². The summed E-state index contributed by atoms with van der Waals surface area (Å²) in [5, 5.41) is 49.0. The molecule has 0 atom stereocenters. The molecule has 0 saturated carbocycles. The SMILES string of the molecule is O=S(=O)(O)c1ccc(N=Nc2ccc(N=Nc3ccc(/C=C/c4ccc(N=[N+]([O-])c5ccc(N=[N+]([O-])c6ccc(S(=O)(=O)O)cc6)cc5)cc4S(=O)(=O)O)c(S(=O)(=O)O)c3)cc2)cc1.